The predicted octanol–water partition coefficient (Wildman–Crippen LogP) is 1.87. The summed E-state index contributed by atoms with van der Waals surface area (Å²) in [6.07, 6.45) is 4.58. The zero-order valence-electron chi connectivity index (χ0n) is 14.6. The van der Waals surface area contributed by atoms with Gasteiger partial charge in [-0.25, -0.2) is 4.98 Å². The molecule has 136 valence electrons. The van der Waals surface area contributed by atoms with Crippen LogP contribution in [-0.4, -0.2) is 51.9 Å². The number of furan rings is 1. The molecule has 0 aliphatic carbocycles. The number of carbonyl (C=O) groups is 1. The summed E-state index contributed by atoms with van der Waals surface area (Å²) >= 11 is 0. The van der Waals surface area contributed by atoms with Crippen LogP contribution in [0.15, 0.2) is 39.6 Å². The largest absolute Gasteiger partial charge is 0.459 e. The van der Waals surface area contributed by atoms with E-state index in [4.69, 9.17) is 8.83 Å². The summed E-state index contributed by atoms with van der Waals surface area (Å²) < 4.78 is 11.0. The number of anilines is 1. The summed E-state index contributed by atoms with van der Waals surface area (Å²) in [6, 6.07) is 5.50. The van der Waals surface area contributed by atoms with Crippen molar-refractivity contribution in [3.05, 3.63) is 47.9 Å². The van der Waals surface area contributed by atoms with Crippen LogP contribution in [0, 0.1) is 18.3 Å². The first-order valence-electron chi connectivity index (χ1n) is 8.43. The van der Waals surface area contributed by atoms with Crippen LogP contribution in [0.5, 0.6) is 0 Å². The Balaban J connectivity index is 1.47. The Kier molecular flexibility index (Phi) is 4.30. The van der Waals surface area contributed by atoms with Crippen molar-refractivity contribution in [3.63, 3.8) is 0 Å². The van der Waals surface area contributed by atoms with Gasteiger partial charge in [0.2, 0.25) is 11.6 Å². The van der Waals surface area contributed by atoms with E-state index in [-0.39, 0.29) is 17.5 Å². The number of nitriles is 1. The second-order valence-corrected chi connectivity index (χ2v) is 6.08. The van der Waals surface area contributed by atoms with Crippen molar-refractivity contribution in [2.75, 3.05) is 31.1 Å². The molecule has 0 saturated carbocycles. The highest BCUT2D eigenvalue weighted by Crippen LogP contribution is 2.29. The minimum absolute atomic E-state index is 0.156. The van der Waals surface area contributed by atoms with Crippen molar-refractivity contribution in [2.45, 2.75) is 6.92 Å². The second kappa shape index (κ2) is 6.92. The molecule has 1 aliphatic heterocycles. The smallest absolute Gasteiger partial charge is 0.274 e. The average molecular weight is 364 g/mol. The van der Waals surface area contributed by atoms with Gasteiger partial charge in [0.15, 0.2) is 5.76 Å². The first kappa shape index (κ1) is 16.8. The Morgan fingerprint density at radius 2 is 2.04 bits per heavy atom. The fourth-order valence-corrected chi connectivity index (χ4v) is 2.88. The third kappa shape index (κ3) is 3.25. The molecule has 9 nitrogen and oxygen atoms in total. The molecule has 27 heavy (non-hydrogen) atoms. The summed E-state index contributed by atoms with van der Waals surface area (Å²) in [5.74, 6) is 0.965. The van der Waals surface area contributed by atoms with E-state index in [1.807, 2.05) is 11.8 Å². The maximum atomic E-state index is 12.5. The maximum Gasteiger partial charge on any atom is 0.274 e. The van der Waals surface area contributed by atoms with Gasteiger partial charge < -0.3 is 18.6 Å². The highest BCUT2D eigenvalue weighted by molar-refractivity contribution is 5.92. The molecule has 1 saturated heterocycles. The van der Waals surface area contributed by atoms with Crippen LogP contribution in [0.1, 0.15) is 21.9 Å². The van der Waals surface area contributed by atoms with Crippen LogP contribution in [0.2, 0.25) is 0 Å². The van der Waals surface area contributed by atoms with E-state index in [9.17, 15) is 10.1 Å². The van der Waals surface area contributed by atoms with Crippen LogP contribution in [0.25, 0.3) is 11.7 Å². The first-order chi connectivity index (χ1) is 13.2. The van der Waals surface area contributed by atoms with Gasteiger partial charge in [-0.3, -0.25) is 9.78 Å². The molecule has 1 amide bonds. The van der Waals surface area contributed by atoms with Crippen molar-refractivity contribution in [2.24, 2.45) is 0 Å². The van der Waals surface area contributed by atoms with Gasteiger partial charge in [-0.05, 0) is 19.1 Å². The summed E-state index contributed by atoms with van der Waals surface area (Å²) in [7, 11) is 0. The van der Waals surface area contributed by atoms with E-state index in [2.05, 4.69) is 21.0 Å². The number of hydrogen-bond donors (Lipinski definition) is 0. The van der Waals surface area contributed by atoms with Crippen LogP contribution in [0.3, 0.4) is 0 Å². The summed E-state index contributed by atoms with van der Waals surface area (Å²) in [6.45, 7) is 3.83. The molecule has 9 heteroatoms. The van der Waals surface area contributed by atoms with Crippen LogP contribution in [-0.2, 0) is 0 Å². The Bertz CT molecular complexity index is 979. The quantitative estimate of drug-likeness (QED) is 0.692. The molecule has 1 fully saturated rings. The zero-order chi connectivity index (χ0) is 18.8. The number of rotatable bonds is 3. The highest BCUT2D eigenvalue weighted by Gasteiger charge is 2.28. The number of aryl methyl sites for hydroxylation is 1. The topological polar surface area (TPSA) is 112 Å². The van der Waals surface area contributed by atoms with Gasteiger partial charge in [-0.1, -0.05) is 0 Å². The Hall–Kier alpha value is -3.67. The van der Waals surface area contributed by atoms with E-state index in [0.29, 0.717) is 43.5 Å². The monoisotopic (exact) mass is 364 g/mol. The minimum atomic E-state index is -0.156. The molecule has 0 radical (unpaired) electrons. The van der Waals surface area contributed by atoms with Crippen molar-refractivity contribution < 1.29 is 13.6 Å². The first-order valence-corrected chi connectivity index (χ1v) is 8.43. The molecule has 4 heterocycles. The fraction of sp³-hybridized carbons (Fsp3) is 0.278. The van der Waals surface area contributed by atoms with Gasteiger partial charge in [0.05, 0.1) is 18.2 Å². The lowest BCUT2D eigenvalue weighted by Gasteiger charge is -2.34. The van der Waals surface area contributed by atoms with Gasteiger partial charge >= 0.3 is 0 Å². The predicted molar refractivity (Wildman–Crippen MR) is 93.8 cm³/mol. The number of nitrogens with zero attached hydrogens (tertiary/aromatic N) is 6. The van der Waals surface area contributed by atoms with Gasteiger partial charge in [0.25, 0.3) is 11.8 Å². The lowest BCUT2D eigenvalue weighted by atomic mass is 10.2. The summed E-state index contributed by atoms with van der Waals surface area (Å²) in [4.78, 5) is 28.6. The van der Waals surface area contributed by atoms with Crippen molar-refractivity contribution >= 4 is 11.8 Å². The third-order valence-electron chi connectivity index (χ3n) is 4.30. The maximum absolute atomic E-state index is 12.5. The van der Waals surface area contributed by atoms with Crippen LogP contribution in [0.4, 0.5) is 5.88 Å². The lowest BCUT2D eigenvalue weighted by molar-refractivity contribution is 0.0739. The van der Waals surface area contributed by atoms with Gasteiger partial charge in [0.1, 0.15) is 11.8 Å². The normalized spacial score (nSPS) is 14.2. The van der Waals surface area contributed by atoms with Crippen molar-refractivity contribution in [1.29, 1.82) is 5.26 Å². The molecule has 0 atom stereocenters. The molecule has 4 rings (SSSR count). The molecule has 0 unspecified atom stereocenters. The van der Waals surface area contributed by atoms with Crippen molar-refractivity contribution in [1.82, 2.24) is 19.9 Å². The molecule has 1 aliphatic rings. The van der Waals surface area contributed by atoms with E-state index in [1.165, 1.54) is 12.5 Å². The van der Waals surface area contributed by atoms with Crippen LogP contribution < -0.4 is 4.90 Å². The van der Waals surface area contributed by atoms with Gasteiger partial charge in [-0.15, -0.1) is 0 Å². The standard InChI is InChI=1S/C18H16N6O3/c1-12-10-21-14(11-20-12)17(25)23-4-6-24(7-5-23)18-13(9-19)22-16(27-18)15-3-2-8-26-15/h2-3,8,10-11H,4-7H2,1H3. The lowest BCUT2D eigenvalue weighted by Crippen LogP contribution is -2.49. The summed E-state index contributed by atoms with van der Waals surface area (Å²) in [5.41, 5.74) is 1.29. The van der Waals surface area contributed by atoms with Gasteiger partial charge in [-0.2, -0.15) is 10.2 Å². The number of carbonyl (C=O) groups excluding carboxylic acids is 1. The van der Waals surface area contributed by atoms with Gasteiger partial charge in [0, 0.05) is 32.4 Å². The van der Waals surface area contributed by atoms with E-state index in [1.54, 1.807) is 23.2 Å². The van der Waals surface area contributed by atoms with E-state index < -0.39 is 0 Å². The second-order valence-electron chi connectivity index (χ2n) is 6.08. The van der Waals surface area contributed by atoms with E-state index >= 15 is 0 Å². The molecule has 0 spiro atoms. The molecular formula is C18H16N6O3. The third-order valence-corrected chi connectivity index (χ3v) is 4.30. The number of aromatic nitrogens is 3. The highest BCUT2D eigenvalue weighted by atomic mass is 16.4. The van der Waals surface area contributed by atoms with Crippen molar-refractivity contribution in [3.8, 4) is 17.7 Å². The minimum Gasteiger partial charge on any atom is -0.459 e. The molecule has 0 N–H and O–H groups in total. The fourth-order valence-electron chi connectivity index (χ4n) is 2.88. The number of amides is 1. The van der Waals surface area contributed by atoms with Crippen LogP contribution >= 0.6 is 0 Å². The van der Waals surface area contributed by atoms with E-state index in [0.717, 1.165) is 5.69 Å². The Labute approximate surface area is 154 Å². The SMILES string of the molecule is Cc1cnc(C(=O)N2CCN(c3oc(-c4ccco4)nc3C#N)CC2)cn1. The zero-order valence-corrected chi connectivity index (χ0v) is 14.6. The molecule has 3 aromatic rings. The molecule has 3 aromatic heterocycles. The number of piperazine rings is 1. The number of hydrogen-bond acceptors (Lipinski definition) is 8. The molecule has 0 aromatic carbocycles. The molecular weight excluding hydrogens is 348 g/mol. The number of oxazole rings is 1. The molecule has 0 bridgehead atoms. The summed E-state index contributed by atoms with van der Waals surface area (Å²) in [5, 5.41) is 9.36. The Morgan fingerprint density at radius 3 is 2.67 bits per heavy atom. The Morgan fingerprint density at radius 1 is 1.22 bits per heavy atom. The average Bonchev–Trinajstić information content (AvgIpc) is 3.37.